The van der Waals surface area contributed by atoms with E-state index in [1.54, 1.807) is 52.0 Å². The molecule has 0 fully saturated rings. The maximum atomic E-state index is 13.2. The quantitative estimate of drug-likeness (QED) is 0.232. The Kier molecular flexibility index (Phi) is 8.38. The number of amides is 2. The van der Waals surface area contributed by atoms with Crippen molar-refractivity contribution in [2.24, 2.45) is 5.73 Å². The van der Waals surface area contributed by atoms with Crippen molar-refractivity contribution in [2.75, 3.05) is 4.90 Å². The van der Waals surface area contributed by atoms with Crippen molar-refractivity contribution in [1.82, 2.24) is 0 Å². The van der Waals surface area contributed by atoms with Gasteiger partial charge in [0.1, 0.15) is 21.3 Å². The van der Waals surface area contributed by atoms with E-state index < -0.39 is 26.3 Å². The fourth-order valence-corrected chi connectivity index (χ4v) is 7.91. The first-order valence-electron chi connectivity index (χ1n) is 12.9. The van der Waals surface area contributed by atoms with Crippen molar-refractivity contribution in [2.45, 2.75) is 51.3 Å². The summed E-state index contributed by atoms with van der Waals surface area (Å²) in [5.41, 5.74) is 10.1. The number of carbonyl (C=O) groups is 1. The first-order valence-corrected chi connectivity index (χ1v) is 15.7. The number of hydrogen-bond donors (Lipinski definition) is 1. The molecule has 4 rings (SSSR count). The van der Waals surface area contributed by atoms with Crippen molar-refractivity contribution >= 4 is 37.6 Å². The fourth-order valence-electron chi connectivity index (χ4n) is 5.21. The molecule has 0 saturated heterocycles. The lowest BCUT2D eigenvalue weighted by Gasteiger charge is -2.22. The van der Waals surface area contributed by atoms with Crippen LogP contribution >= 0.6 is 0 Å². The zero-order valence-corrected chi connectivity index (χ0v) is 25.8. The molecule has 0 aromatic heterocycles. The van der Waals surface area contributed by atoms with E-state index in [0.717, 1.165) is 16.0 Å². The van der Waals surface area contributed by atoms with Crippen LogP contribution in [0.4, 0.5) is 16.2 Å². The summed E-state index contributed by atoms with van der Waals surface area (Å²) < 4.78 is 63.7. The largest absolute Gasteiger partial charge is 0.379 e. The highest BCUT2D eigenvalue weighted by Gasteiger charge is 2.25. The molecule has 0 unspecified atom stereocenters. The molecular formula is C31H32N2O7S2. The fraction of sp³-hybridized carbons (Fsp3) is 0.194. The van der Waals surface area contributed by atoms with Gasteiger partial charge < -0.3 is 14.1 Å². The van der Waals surface area contributed by atoms with Crippen molar-refractivity contribution < 1.29 is 30.0 Å². The minimum absolute atomic E-state index is 0.0431. The molecule has 0 radical (unpaired) electrons. The van der Waals surface area contributed by atoms with Gasteiger partial charge in [0.15, 0.2) is 0 Å². The second-order valence-electron chi connectivity index (χ2n) is 10.2. The number of benzene rings is 4. The molecule has 0 bridgehead atoms. The van der Waals surface area contributed by atoms with Crippen LogP contribution < -0.4 is 19.0 Å². The predicted molar refractivity (Wildman–Crippen MR) is 162 cm³/mol. The SMILES string of the molecule is Cc1cc(C)c(S(=O)(=O)Oc2cccc(N(C(N)=O)c3cccc(OS(=O)(=O)c4c(C)cc(C)cc4C)c3)c2)c(C)c1. The molecule has 0 saturated carbocycles. The molecule has 2 amide bonds. The van der Waals surface area contributed by atoms with Gasteiger partial charge in [0, 0.05) is 12.1 Å². The zero-order valence-electron chi connectivity index (χ0n) is 24.1. The van der Waals surface area contributed by atoms with Gasteiger partial charge >= 0.3 is 26.3 Å². The highest BCUT2D eigenvalue weighted by Crippen LogP contribution is 2.34. The zero-order chi connectivity index (χ0) is 31.0. The summed E-state index contributed by atoms with van der Waals surface area (Å²) in [6.45, 7) is 10.5. The van der Waals surface area contributed by atoms with Gasteiger partial charge in [-0.15, -0.1) is 0 Å². The van der Waals surface area contributed by atoms with Crippen LogP contribution in [0, 0.1) is 41.5 Å². The molecule has 4 aromatic carbocycles. The summed E-state index contributed by atoms with van der Waals surface area (Å²) >= 11 is 0. The van der Waals surface area contributed by atoms with Crippen molar-refractivity contribution in [3.8, 4) is 11.5 Å². The number of nitrogens with zero attached hydrogens (tertiary/aromatic N) is 1. The number of anilines is 2. The molecule has 0 aliphatic heterocycles. The molecule has 0 aliphatic rings. The van der Waals surface area contributed by atoms with Gasteiger partial charge in [-0.3, -0.25) is 4.90 Å². The van der Waals surface area contributed by atoms with Crippen LogP contribution in [-0.4, -0.2) is 22.9 Å². The van der Waals surface area contributed by atoms with E-state index in [1.165, 1.54) is 48.5 Å². The van der Waals surface area contributed by atoms with E-state index in [2.05, 4.69) is 0 Å². The molecule has 0 heterocycles. The Bertz CT molecular complexity index is 1740. The maximum Gasteiger partial charge on any atom is 0.339 e. The highest BCUT2D eigenvalue weighted by atomic mass is 32.2. The Morgan fingerprint density at radius 1 is 0.595 bits per heavy atom. The van der Waals surface area contributed by atoms with E-state index in [1.807, 2.05) is 13.8 Å². The summed E-state index contributed by atoms with van der Waals surface area (Å²) in [6.07, 6.45) is 0. The minimum atomic E-state index is -4.20. The Morgan fingerprint density at radius 3 is 1.24 bits per heavy atom. The Morgan fingerprint density at radius 2 is 0.929 bits per heavy atom. The van der Waals surface area contributed by atoms with Crippen LogP contribution in [0.2, 0.25) is 0 Å². The number of primary amides is 1. The van der Waals surface area contributed by atoms with Gasteiger partial charge in [0.2, 0.25) is 0 Å². The van der Waals surface area contributed by atoms with Crippen molar-refractivity contribution in [1.29, 1.82) is 0 Å². The number of rotatable bonds is 8. The van der Waals surface area contributed by atoms with Crippen LogP contribution in [0.5, 0.6) is 11.5 Å². The number of urea groups is 1. The maximum absolute atomic E-state index is 13.2. The van der Waals surface area contributed by atoms with E-state index in [0.29, 0.717) is 22.3 Å². The van der Waals surface area contributed by atoms with E-state index in [-0.39, 0.29) is 32.7 Å². The first kappa shape index (κ1) is 30.6. The van der Waals surface area contributed by atoms with Crippen molar-refractivity contribution in [3.63, 3.8) is 0 Å². The lowest BCUT2D eigenvalue weighted by molar-refractivity contribution is 0.256. The molecule has 4 aromatic rings. The minimum Gasteiger partial charge on any atom is -0.379 e. The van der Waals surface area contributed by atoms with E-state index >= 15 is 0 Å². The summed E-state index contributed by atoms with van der Waals surface area (Å²) in [5.74, 6) is -0.0862. The monoisotopic (exact) mass is 608 g/mol. The topological polar surface area (TPSA) is 133 Å². The molecule has 0 atom stereocenters. The van der Waals surface area contributed by atoms with Gasteiger partial charge in [-0.05, 0) is 88.1 Å². The highest BCUT2D eigenvalue weighted by molar-refractivity contribution is 7.87. The lowest BCUT2D eigenvalue weighted by Crippen LogP contribution is -2.31. The van der Waals surface area contributed by atoms with Crippen LogP contribution in [0.3, 0.4) is 0 Å². The Labute approximate surface area is 246 Å². The third-order valence-electron chi connectivity index (χ3n) is 6.49. The second-order valence-corrected chi connectivity index (χ2v) is 13.2. The molecule has 220 valence electrons. The number of hydrogen-bond acceptors (Lipinski definition) is 7. The van der Waals surface area contributed by atoms with E-state index in [4.69, 9.17) is 14.1 Å². The van der Waals surface area contributed by atoms with Crippen molar-refractivity contribution in [3.05, 3.63) is 106 Å². The molecule has 11 heteroatoms. The Balaban J connectivity index is 1.67. The smallest absolute Gasteiger partial charge is 0.339 e. The predicted octanol–water partition coefficient (Wildman–Crippen LogP) is 6.29. The number of nitrogens with two attached hydrogens (primary N) is 1. The molecule has 0 spiro atoms. The molecule has 42 heavy (non-hydrogen) atoms. The van der Waals surface area contributed by atoms with Crippen LogP contribution in [0.1, 0.15) is 33.4 Å². The second kappa shape index (κ2) is 11.5. The third-order valence-corrected chi connectivity index (χ3v) is 9.60. The molecule has 2 N–H and O–H groups in total. The average molecular weight is 609 g/mol. The average Bonchev–Trinajstić information content (AvgIpc) is 2.82. The van der Waals surface area contributed by atoms with Gasteiger partial charge in [0.05, 0.1) is 11.4 Å². The lowest BCUT2D eigenvalue weighted by atomic mass is 10.1. The summed E-state index contributed by atoms with van der Waals surface area (Å²) in [5, 5.41) is 0. The van der Waals surface area contributed by atoms with E-state index in [9.17, 15) is 21.6 Å². The number of aryl methyl sites for hydroxylation is 6. The standard InChI is InChI=1S/C31H32N2O7S2/c1-19-13-21(3)29(22(4)14-19)41(35,36)39-27-11-7-9-25(17-27)33(31(32)34)26-10-8-12-28(18-26)40-42(37,38)30-23(5)15-20(2)16-24(30)6/h7-18H,1-6H3,(H2,32,34). The van der Waals surface area contributed by atoms with Crippen LogP contribution in [-0.2, 0) is 20.2 Å². The van der Waals surface area contributed by atoms with Gasteiger partial charge in [-0.2, -0.15) is 16.8 Å². The van der Waals surface area contributed by atoms with Gasteiger partial charge in [-0.1, -0.05) is 47.5 Å². The summed E-state index contributed by atoms with van der Waals surface area (Å²) in [4.78, 5) is 13.8. The normalized spacial score (nSPS) is 11.7. The van der Waals surface area contributed by atoms with Gasteiger partial charge in [0.25, 0.3) is 0 Å². The number of carbonyl (C=O) groups excluding carboxylic acids is 1. The molecule has 9 nitrogen and oxygen atoms in total. The Hall–Kier alpha value is -4.35. The third kappa shape index (κ3) is 6.42. The van der Waals surface area contributed by atoms with Gasteiger partial charge in [-0.25, -0.2) is 4.79 Å². The first-order chi connectivity index (χ1) is 19.6. The summed E-state index contributed by atoms with van der Waals surface area (Å²) in [7, 11) is -8.41. The van der Waals surface area contributed by atoms with Crippen LogP contribution in [0.15, 0.2) is 82.6 Å². The molecule has 0 aliphatic carbocycles. The summed E-state index contributed by atoms with van der Waals surface area (Å²) in [6, 6.07) is 17.8. The van der Waals surface area contributed by atoms with Crippen LogP contribution in [0.25, 0.3) is 0 Å². The molecular weight excluding hydrogens is 576 g/mol.